The van der Waals surface area contributed by atoms with Crippen LogP contribution in [0.2, 0.25) is 0 Å². The molecule has 0 aliphatic heterocycles. The third kappa shape index (κ3) is 6.73. The van der Waals surface area contributed by atoms with E-state index in [9.17, 15) is 39.6 Å². The summed E-state index contributed by atoms with van der Waals surface area (Å²) in [6.45, 7) is 0. The summed E-state index contributed by atoms with van der Waals surface area (Å²) in [6, 6.07) is 25.3. The molecule has 0 saturated carbocycles. The van der Waals surface area contributed by atoms with E-state index in [1.165, 1.54) is 24.3 Å². The maximum atomic E-state index is 11.7. The van der Waals surface area contributed by atoms with Crippen LogP contribution in [0.25, 0.3) is 21.5 Å². The second kappa shape index (κ2) is 12.2. The zero-order valence-electron chi connectivity index (χ0n) is 24.1. The van der Waals surface area contributed by atoms with Gasteiger partial charge >= 0.3 is 23.9 Å². The van der Waals surface area contributed by atoms with Gasteiger partial charge in [-0.3, -0.25) is 0 Å². The Morgan fingerprint density at radius 3 is 1.28 bits per heavy atom. The van der Waals surface area contributed by atoms with Gasteiger partial charge in [0.25, 0.3) is 0 Å². The molecule has 1 heterocycles. The minimum absolute atomic E-state index is 0.124. The fraction of sp³-hybridized carbons (Fsp3) is 0. The molecule has 13 heteroatoms. The van der Waals surface area contributed by atoms with Crippen LogP contribution in [0.4, 0.5) is 34.6 Å². The largest absolute Gasteiger partial charge is 0.478 e. The van der Waals surface area contributed by atoms with E-state index < -0.39 is 23.9 Å². The molecule has 47 heavy (non-hydrogen) atoms. The minimum atomic E-state index is -1.30. The first-order valence-corrected chi connectivity index (χ1v) is 13.9. The van der Waals surface area contributed by atoms with Crippen molar-refractivity contribution >= 4 is 80.1 Å². The number of aromatic carboxylic acids is 4. The Morgan fingerprint density at radius 1 is 0.404 bits per heavy atom. The van der Waals surface area contributed by atoms with Crippen molar-refractivity contribution in [2.24, 2.45) is 0 Å². The van der Waals surface area contributed by atoms with Gasteiger partial charge in [0, 0.05) is 23.1 Å². The summed E-state index contributed by atoms with van der Waals surface area (Å²) in [6.07, 6.45) is 0. The number of nitrogens with one attached hydrogen (secondary N) is 3. The molecule has 0 radical (unpaired) electrons. The van der Waals surface area contributed by atoms with Gasteiger partial charge in [0.05, 0.1) is 22.3 Å². The third-order valence-electron chi connectivity index (χ3n) is 7.13. The van der Waals surface area contributed by atoms with E-state index in [1.54, 1.807) is 60.7 Å². The van der Waals surface area contributed by atoms with E-state index in [0.717, 1.165) is 22.2 Å². The van der Waals surface area contributed by atoms with Gasteiger partial charge in [-0.1, -0.05) is 24.3 Å². The third-order valence-corrected chi connectivity index (χ3v) is 7.13. The quantitative estimate of drug-likeness (QED) is 0.0831. The number of aromatic nitrogens is 2. The van der Waals surface area contributed by atoms with Crippen molar-refractivity contribution in [1.82, 2.24) is 9.97 Å². The summed E-state index contributed by atoms with van der Waals surface area (Å²) in [5.74, 6) is -4.04. The molecule has 5 aromatic carbocycles. The number of rotatable bonds is 10. The molecule has 0 fully saturated rings. The van der Waals surface area contributed by atoms with Crippen molar-refractivity contribution < 1.29 is 39.6 Å². The van der Waals surface area contributed by atoms with Gasteiger partial charge in [0.15, 0.2) is 0 Å². The molecule has 232 valence electrons. The monoisotopic (exact) mass is 629 g/mol. The SMILES string of the molecule is O=C(O)c1cc(Nc2cc(Nc3ccc4cc(C(=O)O)ccc4c3)nc(Nc3ccc4cc(C(=O)O)ccc4c3)n2)cc(C(=O)O)c1. The molecular weight excluding hydrogens is 606 g/mol. The van der Waals surface area contributed by atoms with Gasteiger partial charge in [-0.15, -0.1) is 0 Å². The van der Waals surface area contributed by atoms with Gasteiger partial charge in [0.2, 0.25) is 5.95 Å². The number of benzene rings is 5. The van der Waals surface area contributed by atoms with Gasteiger partial charge in [-0.2, -0.15) is 9.97 Å². The lowest BCUT2D eigenvalue weighted by molar-refractivity contribution is 0.0681. The molecule has 6 aromatic rings. The molecule has 0 atom stereocenters. The van der Waals surface area contributed by atoms with Crippen LogP contribution in [0, 0.1) is 0 Å². The van der Waals surface area contributed by atoms with E-state index in [0.29, 0.717) is 22.6 Å². The van der Waals surface area contributed by atoms with E-state index in [2.05, 4.69) is 25.9 Å². The average molecular weight is 630 g/mol. The Bertz CT molecular complexity index is 2120. The number of anilines is 6. The zero-order valence-corrected chi connectivity index (χ0v) is 24.1. The summed E-state index contributed by atoms with van der Waals surface area (Å²) in [7, 11) is 0. The lowest BCUT2D eigenvalue weighted by atomic mass is 10.1. The second-order valence-electron chi connectivity index (χ2n) is 10.4. The molecule has 6 rings (SSSR count). The number of carboxylic acids is 4. The molecule has 0 saturated heterocycles. The molecule has 1 aromatic heterocycles. The molecule has 0 bridgehead atoms. The van der Waals surface area contributed by atoms with Gasteiger partial charge in [0.1, 0.15) is 11.6 Å². The van der Waals surface area contributed by atoms with Crippen LogP contribution >= 0.6 is 0 Å². The van der Waals surface area contributed by atoms with E-state index in [-0.39, 0.29) is 39.7 Å². The predicted octanol–water partition coefficient (Wildman–Crippen LogP) is 6.81. The summed E-state index contributed by atoms with van der Waals surface area (Å²) >= 11 is 0. The van der Waals surface area contributed by atoms with Crippen LogP contribution in [-0.2, 0) is 0 Å². The molecule has 0 aliphatic carbocycles. The van der Waals surface area contributed by atoms with Crippen molar-refractivity contribution in [3.05, 3.63) is 119 Å². The number of nitrogens with zero attached hydrogens (tertiary/aromatic N) is 2. The van der Waals surface area contributed by atoms with Crippen LogP contribution < -0.4 is 16.0 Å². The van der Waals surface area contributed by atoms with Crippen molar-refractivity contribution in [1.29, 1.82) is 0 Å². The molecular formula is C34H23N5O8. The van der Waals surface area contributed by atoms with Gasteiger partial charge < -0.3 is 36.4 Å². The fourth-order valence-corrected chi connectivity index (χ4v) is 4.92. The Balaban J connectivity index is 1.37. The van der Waals surface area contributed by atoms with Gasteiger partial charge in [-0.25, -0.2) is 19.2 Å². The van der Waals surface area contributed by atoms with Crippen LogP contribution in [-0.4, -0.2) is 54.3 Å². The van der Waals surface area contributed by atoms with E-state index in [4.69, 9.17) is 0 Å². The number of fused-ring (bicyclic) bond motifs is 2. The Morgan fingerprint density at radius 2 is 0.809 bits per heavy atom. The predicted molar refractivity (Wildman–Crippen MR) is 174 cm³/mol. The topological polar surface area (TPSA) is 211 Å². The highest BCUT2D eigenvalue weighted by Gasteiger charge is 2.14. The molecule has 0 unspecified atom stereocenters. The van der Waals surface area contributed by atoms with Crippen LogP contribution in [0.15, 0.2) is 97.1 Å². The first-order valence-electron chi connectivity index (χ1n) is 13.9. The molecule has 7 N–H and O–H groups in total. The average Bonchev–Trinajstić information content (AvgIpc) is 3.03. The highest BCUT2D eigenvalue weighted by atomic mass is 16.4. The lowest BCUT2D eigenvalue weighted by Crippen LogP contribution is -2.07. The Labute approximate surface area is 264 Å². The molecule has 0 amide bonds. The molecule has 0 aliphatic rings. The van der Waals surface area contributed by atoms with E-state index in [1.807, 2.05) is 6.07 Å². The molecule has 13 nitrogen and oxygen atoms in total. The maximum absolute atomic E-state index is 11.7. The normalized spacial score (nSPS) is 10.8. The number of carbonyl (C=O) groups is 4. The van der Waals surface area contributed by atoms with Gasteiger partial charge in [-0.05, 0) is 88.3 Å². The van der Waals surface area contributed by atoms with Crippen molar-refractivity contribution in [3.8, 4) is 0 Å². The smallest absolute Gasteiger partial charge is 0.335 e. The summed E-state index contributed by atoms with van der Waals surface area (Å²) in [5, 5.41) is 49.9. The maximum Gasteiger partial charge on any atom is 0.335 e. The zero-order chi connectivity index (χ0) is 33.2. The standard InChI is InChI=1S/C34H23N5O8/c40-30(41)21-3-1-19-12-25(7-5-17(19)9-21)35-28-16-29(36-27-14-23(32(44)45)11-24(15-27)33(46)47)39-34(38-28)37-26-8-6-18-10-22(31(42)43)4-2-20(18)13-26/h1-16H,(H,40,41)(H,42,43)(H,44,45)(H,46,47)(H3,35,36,37,38,39). The van der Waals surface area contributed by atoms with Crippen molar-refractivity contribution in [2.45, 2.75) is 0 Å². The lowest BCUT2D eigenvalue weighted by Gasteiger charge is -2.14. The van der Waals surface area contributed by atoms with Crippen molar-refractivity contribution in [3.63, 3.8) is 0 Å². The highest BCUT2D eigenvalue weighted by molar-refractivity contribution is 5.97. The van der Waals surface area contributed by atoms with Crippen LogP contribution in [0.3, 0.4) is 0 Å². The Kier molecular flexibility index (Phi) is 7.77. The second-order valence-corrected chi connectivity index (χ2v) is 10.4. The summed E-state index contributed by atoms with van der Waals surface area (Å²) in [4.78, 5) is 55.1. The number of hydrogen-bond donors (Lipinski definition) is 7. The Hall–Kier alpha value is -7.02. The van der Waals surface area contributed by atoms with E-state index >= 15 is 0 Å². The van der Waals surface area contributed by atoms with Crippen LogP contribution in [0.1, 0.15) is 41.4 Å². The summed E-state index contributed by atoms with van der Waals surface area (Å²) < 4.78 is 0. The fourth-order valence-electron chi connectivity index (χ4n) is 4.92. The first-order chi connectivity index (χ1) is 22.5. The minimum Gasteiger partial charge on any atom is -0.478 e. The highest BCUT2D eigenvalue weighted by Crippen LogP contribution is 2.28. The van der Waals surface area contributed by atoms with Crippen LogP contribution in [0.5, 0.6) is 0 Å². The van der Waals surface area contributed by atoms with Crippen molar-refractivity contribution in [2.75, 3.05) is 16.0 Å². The first kappa shape index (κ1) is 30.0. The number of carboxylic acid groups (broad SMARTS) is 4. The summed E-state index contributed by atoms with van der Waals surface area (Å²) in [5.41, 5.74) is 1.23. The number of hydrogen-bond acceptors (Lipinski definition) is 9. The molecule has 0 spiro atoms.